The molecule has 0 atom stereocenters. The number of ether oxygens (including phenoxy) is 2. The van der Waals surface area contributed by atoms with Crippen molar-refractivity contribution in [1.29, 1.82) is 0 Å². The van der Waals surface area contributed by atoms with Crippen LogP contribution in [-0.4, -0.2) is 30.6 Å². The number of H-pyrrole nitrogens is 1. The number of anilines is 1. The van der Waals surface area contributed by atoms with E-state index in [1.807, 2.05) is 12.1 Å². The monoisotopic (exact) mass is 430 g/mol. The van der Waals surface area contributed by atoms with E-state index >= 15 is 0 Å². The van der Waals surface area contributed by atoms with Crippen molar-refractivity contribution in [1.82, 2.24) is 5.27 Å². The summed E-state index contributed by atoms with van der Waals surface area (Å²) in [6.07, 6.45) is 2.07. The number of nitrogens with zero attached hydrogens (tertiary/aromatic N) is 1. The second kappa shape index (κ2) is 10.5. The Balaban J connectivity index is 1.58. The third-order valence-electron chi connectivity index (χ3n) is 4.18. The van der Waals surface area contributed by atoms with Crippen LogP contribution in [0.25, 0.3) is 5.69 Å². The SMILES string of the molecule is CCCCOc1ccc(NC(=O)CSc2c(=O)o[nH][n+]2-c2ccc(OC)cc2)cc1. The van der Waals surface area contributed by atoms with Crippen molar-refractivity contribution in [2.75, 3.05) is 24.8 Å². The number of amides is 1. The van der Waals surface area contributed by atoms with Gasteiger partial charge in [-0.15, -0.1) is 0 Å². The normalized spacial score (nSPS) is 10.6. The van der Waals surface area contributed by atoms with Crippen LogP contribution in [0.5, 0.6) is 11.5 Å². The van der Waals surface area contributed by atoms with E-state index < -0.39 is 5.63 Å². The molecular weight excluding hydrogens is 406 g/mol. The Kier molecular flexibility index (Phi) is 7.56. The molecule has 0 radical (unpaired) electrons. The lowest BCUT2D eigenvalue weighted by Gasteiger charge is -2.07. The zero-order valence-electron chi connectivity index (χ0n) is 16.8. The Hall–Kier alpha value is -3.20. The second-order valence-corrected chi connectivity index (χ2v) is 7.35. The Morgan fingerprint density at radius 2 is 1.83 bits per heavy atom. The summed E-state index contributed by atoms with van der Waals surface area (Å²) in [5.41, 5.74) is 0.799. The lowest BCUT2D eigenvalue weighted by atomic mass is 10.3. The number of carbonyl (C=O) groups is 1. The molecule has 0 fully saturated rings. The van der Waals surface area contributed by atoms with E-state index in [-0.39, 0.29) is 16.7 Å². The summed E-state index contributed by atoms with van der Waals surface area (Å²) in [4.78, 5) is 24.4. The van der Waals surface area contributed by atoms with Gasteiger partial charge in [0.2, 0.25) is 11.6 Å². The molecule has 30 heavy (non-hydrogen) atoms. The first-order valence-electron chi connectivity index (χ1n) is 9.54. The van der Waals surface area contributed by atoms with Crippen molar-refractivity contribution >= 4 is 23.4 Å². The maximum atomic E-state index is 12.3. The number of rotatable bonds is 10. The summed E-state index contributed by atoms with van der Waals surface area (Å²) < 4.78 is 17.1. The fourth-order valence-corrected chi connectivity index (χ4v) is 3.36. The molecule has 0 saturated heterocycles. The molecule has 0 spiro atoms. The Bertz CT molecular complexity index is 1010. The standard InChI is InChI=1S/C21H23N3O5S/c1-3-4-13-28-18-9-5-15(6-10-18)22-19(25)14-30-20-21(26)29-23-24(20)16-7-11-17(27-2)12-8-16/h5-12H,3-4,13-14H2,1-2H3,(H-,22,23,25,26)/p+1. The van der Waals surface area contributed by atoms with Gasteiger partial charge in [-0.2, -0.15) is 0 Å². The van der Waals surface area contributed by atoms with Gasteiger partial charge in [-0.05, 0) is 64.5 Å². The summed E-state index contributed by atoms with van der Waals surface area (Å²) in [6.45, 7) is 2.78. The van der Waals surface area contributed by atoms with Crippen molar-refractivity contribution < 1.29 is 23.5 Å². The molecule has 0 saturated carbocycles. The van der Waals surface area contributed by atoms with Gasteiger partial charge in [0.1, 0.15) is 11.5 Å². The molecular formula is C21H24N3O5S+. The number of hydrogen-bond donors (Lipinski definition) is 2. The quantitative estimate of drug-likeness (QED) is 0.291. The lowest BCUT2D eigenvalue weighted by molar-refractivity contribution is -0.704. The maximum absolute atomic E-state index is 12.3. The van der Waals surface area contributed by atoms with Gasteiger partial charge in [0.25, 0.3) is 0 Å². The fraction of sp³-hybridized carbons (Fsp3) is 0.286. The van der Waals surface area contributed by atoms with Crippen molar-refractivity contribution in [3.05, 3.63) is 59.0 Å². The van der Waals surface area contributed by atoms with Gasteiger partial charge in [-0.25, -0.2) is 4.79 Å². The number of nitrogens with one attached hydrogen (secondary N) is 2. The van der Waals surface area contributed by atoms with Crippen molar-refractivity contribution in [3.63, 3.8) is 0 Å². The van der Waals surface area contributed by atoms with Gasteiger partial charge in [0.15, 0.2) is 0 Å². The third-order valence-corrected chi connectivity index (χ3v) is 5.21. The highest BCUT2D eigenvalue weighted by Crippen LogP contribution is 2.18. The first-order valence-corrected chi connectivity index (χ1v) is 10.5. The van der Waals surface area contributed by atoms with Crippen LogP contribution in [-0.2, 0) is 4.79 Å². The molecule has 0 aliphatic rings. The zero-order chi connectivity index (χ0) is 21.3. The van der Waals surface area contributed by atoms with Crippen LogP contribution in [0.3, 0.4) is 0 Å². The first-order chi connectivity index (χ1) is 14.6. The molecule has 158 valence electrons. The summed E-state index contributed by atoms with van der Waals surface area (Å²) in [5.74, 6) is 1.27. The van der Waals surface area contributed by atoms with E-state index in [0.29, 0.717) is 23.7 Å². The van der Waals surface area contributed by atoms with E-state index in [9.17, 15) is 9.59 Å². The number of methoxy groups -OCH3 is 1. The number of aromatic nitrogens is 2. The number of unbranched alkanes of at least 4 members (excludes halogenated alkanes) is 1. The van der Waals surface area contributed by atoms with Gasteiger partial charge >= 0.3 is 10.7 Å². The summed E-state index contributed by atoms with van der Waals surface area (Å²) in [6, 6.07) is 14.3. The van der Waals surface area contributed by atoms with E-state index in [1.165, 1.54) is 4.68 Å². The molecule has 9 heteroatoms. The molecule has 2 N–H and O–H groups in total. The average Bonchev–Trinajstić information content (AvgIpc) is 3.14. The highest BCUT2D eigenvalue weighted by molar-refractivity contribution is 7.99. The summed E-state index contributed by atoms with van der Waals surface area (Å²) in [7, 11) is 1.58. The van der Waals surface area contributed by atoms with Gasteiger partial charge < -0.3 is 14.8 Å². The molecule has 1 aromatic heterocycles. The molecule has 1 heterocycles. The molecule has 0 bridgehead atoms. The minimum Gasteiger partial charge on any atom is -0.497 e. The minimum absolute atomic E-state index is 0.0491. The van der Waals surface area contributed by atoms with Gasteiger partial charge in [-0.1, -0.05) is 13.3 Å². The van der Waals surface area contributed by atoms with Crippen LogP contribution < -0.4 is 25.1 Å². The van der Waals surface area contributed by atoms with Crippen LogP contribution in [0.15, 0.2) is 62.9 Å². The predicted molar refractivity (Wildman–Crippen MR) is 114 cm³/mol. The van der Waals surface area contributed by atoms with Crippen LogP contribution in [0.4, 0.5) is 5.69 Å². The molecule has 0 aliphatic carbocycles. The molecule has 0 unspecified atom stereocenters. The van der Waals surface area contributed by atoms with E-state index in [0.717, 1.165) is 30.4 Å². The largest absolute Gasteiger partial charge is 0.497 e. The molecule has 1 amide bonds. The fourth-order valence-electron chi connectivity index (χ4n) is 2.59. The Morgan fingerprint density at radius 3 is 2.50 bits per heavy atom. The molecule has 2 aromatic carbocycles. The molecule has 0 aliphatic heterocycles. The van der Waals surface area contributed by atoms with Gasteiger partial charge in [0.05, 0.1) is 19.5 Å². The summed E-state index contributed by atoms with van der Waals surface area (Å²) >= 11 is 1.09. The first kappa shape index (κ1) is 21.5. The van der Waals surface area contributed by atoms with Crippen LogP contribution in [0.1, 0.15) is 19.8 Å². The second-order valence-electron chi connectivity index (χ2n) is 6.38. The number of aromatic amines is 1. The number of carbonyl (C=O) groups excluding carboxylic acids is 1. The molecule has 3 rings (SSSR count). The topological polar surface area (TPSA) is 97.4 Å². The lowest BCUT2D eigenvalue weighted by Crippen LogP contribution is -2.36. The van der Waals surface area contributed by atoms with Crippen LogP contribution in [0, 0.1) is 0 Å². The highest BCUT2D eigenvalue weighted by atomic mass is 32.2. The van der Waals surface area contributed by atoms with Crippen LogP contribution in [0.2, 0.25) is 0 Å². The van der Waals surface area contributed by atoms with E-state index in [4.69, 9.17) is 14.0 Å². The number of benzene rings is 2. The average molecular weight is 431 g/mol. The van der Waals surface area contributed by atoms with E-state index in [2.05, 4.69) is 17.5 Å². The van der Waals surface area contributed by atoms with Crippen molar-refractivity contribution in [2.45, 2.75) is 24.8 Å². The predicted octanol–water partition coefficient (Wildman–Crippen LogP) is 3.16. The molecule has 3 aromatic rings. The summed E-state index contributed by atoms with van der Waals surface area (Å²) in [5, 5.41) is 5.63. The van der Waals surface area contributed by atoms with E-state index in [1.54, 1.807) is 43.5 Å². The van der Waals surface area contributed by atoms with Gasteiger partial charge in [-0.3, -0.25) is 9.32 Å². The van der Waals surface area contributed by atoms with Gasteiger partial charge in [0, 0.05) is 17.8 Å². The Labute approximate surface area is 178 Å². The van der Waals surface area contributed by atoms with Crippen molar-refractivity contribution in [3.8, 4) is 17.2 Å². The zero-order valence-corrected chi connectivity index (χ0v) is 17.7. The minimum atomic E-state index is -0.544. The van der Waals surface area contributed by atoms with Crippen molar-refractivity contribution in [2.24, 2.45) is 0 Å². The Morgan fingerprint density at radius 1 is 1.13 bits per heavy atom. The third kappa shape index (κ3) is 5.66. The highest BCUT2D eigenvalue weighted by Gasteiger charge is 2.25. The number of hydrogen-bond acceptors (Lipinski definition) is 6. The maximum Gasteiger partial charge on any atom is 0.442 e. The smallest absolute Gasteiger partial charge is 0.442 e. The van der Waals surface area contributed by atoms with Crippen LogP contribution >= 0.6 is 11.8 Å². The number of thioether (sulfide) groups is 1. The molecule has 8 nitrogen and oxygen atoms in total.